The van der Waals surface area contributed by atoms with Gasteiger partial charge in [-0.05, 0) is 33.1 Å². The van der Waals surface area contributed by atoms with Crippen molar-refractivity contribution in [3.05, 3.63) is 0 Å². The van der Waals surface area contributed by atoms with Gasteiger partial charge in [0.25, 0.3) is 0 Å². The molecule has 0 aliphatic carbocycles. The molecule has 0 aromatic rings. The first-order valence-corrected chi connectivity index (χ1v) is 7.57. The maximum absolute atomic E-state index is 12.0. The molecule has 2 aliphatic rings. The van der Waals surface area contributed by atoms with Crippen LogP contribution in [0.25, 0.3) is 0 Å². The van der Waals surface area contributed by atoms with E-state index in [4.69, 9.17) is 9.47 Å². The average molecular weight is 284 g/mol. The van der Waals surface area contributed by atoms with E-state index in [0.717, 1.165) is 19.6 Å². The molecule has 5 nitrogen and oxygen atoms in total. The fourth-order valence-electron chi connectivity index (χ4n) is 2.91. The molecular formula is C15H28N2O3. The quantitative estimate of drug-likeness (QED) is 0.843. The van der Waals surface area contributed by atoms with E-state index in [0.29, 0.717) is 25.0 Å². The molecule has 0 aromatic heterocycles. The molecule has 0 radical (unpaired) electrons. The van der Waals surface area contributed by atoms with E-state index in [1.54, 1.807) is 4.90 Å². The Morgan fingerprint density at radius 3 is 2.65 bits per heavy atom. The van der Waals surface area contributed by atoms with Crippen LogP contribution in [-0.2, 0) is 9.47 Å². The van der Waals surface area contributed by atoms with Crippen molar-refractivity contribution in [2.24, 2.45) is 5.92 Å². The monoisotopic (exact) mass is 284 g/mol. The molecule has 0 bridgehead atoms. The number of carbonyl (C=O) groups excluding carboxylic acids is 1. The third-order valence-electron chi connectivity index (χ3n) is 3.79. The van der Waals surface area contributed by atoms with Crippen LogP contribution in [0.3, 0.4) is 0 Å². The summed E-state index contributed by atoms with van der Waals surface area (Å²) in [5, 5.41) is 3.55. The summed E-state index contributed by atoms with van der Waals surface area (Å²) in [6.07, 6.45) is 0.836. The molecule has 1 atom stereocenters. The Morgan fingerprint density at radius 1 is 1.45 bits per heavy atom. The summed E-state index contributed by atoms with van der Waals surface area (Å²) in [5.41, 5.74) is -0.651. The highest BCUT2D eigenvalue weighted by Gasteiger charge is 2.53. The van der Waals surface area contributed by atoms with E-state index in [1.165, 1.54) is 0 Å². The summed E-state index contributed by atoms with van der Waals surface area (Å²) >= 11 is 0. The topological polar surface area (TPSA) is 50.8 Å². The first-order chi connectivity index (χ1) is 9.22. The molecule has 0 aromatic carbocycles. The largest absolute Gasteiger partial charge is 0.444 e. The van der Waals surface area contributed by atoms with Gasteiger partial charge in [0.1, 0.15) is 11.2 Å². The van der Waals surface area contributed by atoms with Gasteiger partial charge in [0.05, 0.1) is 19.7 Å². The van der Waals surface area contributed by atoms with Gasteiger partial charge in [-0.3, -0.25) is 0 Å². The van der Waals surface area contributed by atoms with E-state index < -0.39 is 5.60 Å². The third kappa shape index (κ3) is 3.44. The molecule has 2 aliphatic heterocycles. The summed E-state index contributed by atoms with van der Waals surface area (Å²) in [5.74, 6) is 0.613. The van der Waals surface area contributed by atoms with Crippen molar-refractivity contribution in [1.29, 1.82) is 0 Å². The third-order valence-corrected chi connectivity index (χ3v) is 3.79. The smallest absolute Gasteiger partial charge is 0.410 e. The Hall–Kier alpha value is -0.810. The number of carbonyl (C=O) groups is 1. The summed E-state index contributed by atoms with van der Waals surface area (Å²) < 4.78 is 11.4. The lowest BCUT2D eigenvalue weighted by Gasteiger charge is -2.55. The van der Waals surface area contributed by atoms with Gasteiger partial charge in [0.15, 0.2) is 0 Å². The van der Waals surface area contributed by atoms with Crippen molar-refractivity contribution in [3.8, 4) is 0 Å². The summed E-state index contributed by atoms with van der Waals surface area (Å²) in [7, 11) is 0. The first-order valence-electron chi connectivity index (χ1n) is 7.57. The van der Waals surface area contributed by atoms with Crippen LogP contribution in [0.1, 0.15) is 41.0 Å². The van der Waals surface area contributed by atoms with Gasteiger partial charge in [-0.2, -0.15) is 0 Å². The maximum Gasteiger partial charge on any atom is 0.410 e. The zero-order valence-electron chi connectivity index (χ0n) is 13.4. The summed E-state index contributed by atoms with van der Waals surface area (Å²) in [6, 6.07) is 0.329. The van der Waals surface area contributed by atoms with E-state index in [1.807, 2.05) is 20.8 Å². The Kier molecular flexibility index (Phi) is 4.30. The first kappa shape index (κ1) is 15.6. The van der Waals surface area contributed by atoms with Crippen molar-refractivity contribution in [3.63, 3.8) is 0 Å². The highest BCUT2D eigenvalue weighted by molar-refractivity contribution is 5.69. The SMILES string of the molecule is CC(C)CC1NCCOC12CN(C(=O)OC(C)(C)C)C2. The number of nitrogens with one attached hydrogen (secondary N) is 1. The van der Waals surface area contributed by atoms with Crippen LogP contribution in [0.4, 0.5) is 4.79 Å². The average Bonchev–Trinajstić information content (AvgIpc) is 2.23. The number of ether oxygens (including phenoxy) is 2. The second-order valence-electron chi connectivity index (χ2n) is 7.39. The number of morpholine rings is 1. The van der Waals surface area contributed by atoms with Crippen molar-refractivity contribution in [1.82, 2.24) is 10.2 Å². The van der Waals surface area contributed by atoms with E-state index in [2.05, 4.69) is 19.2 Å². The molecule has 1 unspecified atom stereocenters. The fraction of sp³-hybridized carbons (Fsp3) is 0.933. The molecule has 5 heteroatoms. The number of hydrogen-bond acceptors (Lipinski definition) is 4. The van der Waals surface area contributed by atoms with Crippen LogP contribution in [0.2, 0.25) is 0 Å². The number of amides is 1. The molecule has 116 valence electrons. The van der Waals surface area contributed by atoms with Crippen molar-refractivity contribution in [2.75, 3.05) is 26.2 Å². The lowest BCUT2D eigenvalue weighted by Crippen LogP contribution is -2.75. The Balaban J connectivity index is 1.92. The van der Waals surface area contributed by atoms with Crippen LogP contribution in [-0.4, -0.2) is 54.5 Å². The Bertz CT molecular complexity index is 357. The molecule has 2 saturated heterocycles. The van der Waals surface area contributed by atoms with E-state index in [-0.39, 0.29) is 11.7 Å². The van der Waals surface area contributed by atoms with Crippen LogP contribution >= 0.6 is 0 Å². The summed E-state index contributed by atoms with van der Waals surface area (Å²) in [4.78, 5) is 13.8. The van der Waals surface area contributed by atoms with Crippen LogP contribution in [0.5, 0.6) is 0 Å². The molecule has 2 heterocycles. The van der Waals surface area contributed by atoms with Crippen LogP contribution in [0, 0.1) is 5.92 Å². The summed E-state index contributed by atoms with van der Waals surface area (Å²) in [6.45, 7) is 13.0. The minimum Gasteiger partial charge on any atom is -0.444 e. The molecule has 1 spiro atoms. The van der Waals surface area contributed by atoms with E-state index in [9.17, 15) is 4.79 Å². The van der Waals surface area contributed by atoms with Crippen molar-refractivity contribution in [2.45, 2.75) is 58.3 Å². The van der Waals surface area contributed by atoms with Crippen molar-refractivity contribution >= 4 is 6.09 Å². The van der Waals surface area contributed by atoms with Crippen LogP contribution < -0.4 is 5.32 Å². The van der Waals surface area contributed by atoms with Gasteiger partial charge in [-0.15, -0.1) is 0 Å². The highest BCUT2D eigenvalue weighted by Crippen LogP contribution is 2.34. The maximum atomic E-state index is 12.0. The number of hydrogen-bond donors (Lipinski definition) is 1. The molecular weight excluding hydrogens is 256 g/mol. The van der Waals surface area contributed by atoms with Crippen LogP contribution in [0.15, 0.2) is 0 Å². The number of nitrogens with zero attached hydrogens (tertiary/aromatic N) is 1. The second-order valence-corrected chi connectivity index (χ2v) is 7.39. The minimum atomic E-state index is -0.442. The Morgan fingerprint density at radius 2 is 2.10 bits per heavy atom. The molecule has 1 N–H and O–H groups in total. The zero-order chi connectivity index (χ0) is 15.0. The fourth-order valence-corrected chi connectivity index (χ4v) is 2.91. The highest BCUT2D eigenvalue weighted by atomic mass is 16.6. The van der Waals surface area contributed by atoms with Gasteiger partial charge < -0.3 is 19.7 Å². The van der Waals surface area contributed by atoms with Gasteiger partial charge in [0.2, 0.25) is 0 Å². The van der Waals surface area contributed by atoms with Gasteiger partial charge in [-0.1, -0.05) is 13.8 Å². The minimum absolute atomic E-state index is 0.209. The standard InChI is InChI=1S/C15H28N2O3/c1-11(2)8-12-15(19-7-6-16-12)9-17(10-15)13(18)20-14(3,4)5/h11-12,16H,6-10H2,1-5H3. The lowest BCUT2D eigenvalue weighted by molar-refractivity contribution is -0.176. The van der Waals surface area contributed by atoms with Gasteiger partial charge in [-0.25, -0.2) is 4.79 Å². The zero-order valence-corrected chi connectivity index (χ0v) is 13.4. The molecule has 2 fully saturated rings. The molecule has 20 heavy (non-hydrogen) atoms. The van der Waals surface area contributed by atoms with E-state index >= 15 is 0 Å². The molecule has 1 amide bonds. The second kappa shape index (κ2) is 5.53. The van der Waals surface area contributed by atoms with Gasteiger partial charge >= 0.3 is 6.09 Å². The predicted molar refractivity (Wildman–Crippen MR) is 77.7 cm³/mol. The predicted octanol–water partition coefficient (Wildman–Crippen LogP) is 2.01. The van der Waals surface area contributed by atoms with Crippen molar-refractivity contribution < 1.29 is 14.3 Å². The van der Waals surface area contributed by atoms with Gasteiger partial charge in [0, 0.05) is 12.6 Å². The molecule has 0 saturated carbocycles. The number of rotatable bonds is 2. The number of likely N-dealkylation sites (tertiary alicyclic amines) is 1. The Labute approximate surface area is 122 Å². The normalized spacial score (nSPS) is 25.7. The lowest BCUT2D eigenvalue weighted by atomic mass is 9.80. The molecule has 2 rings (SSSR count).